The third-order valence-electron chi connectivity index (χ3n) is 4.02. The van der Waals surface area contributed by atoms with Crippen molar-refractivity contribution in [2.45, 2.75) is 62.5 Å². The standard InChI is InChI=1S/C12H19NO5/c1-15-7-8(10(13)14)16-11-9(7)17-12(18-11)5-3-2-4-6-12/h7-9,11H,2-6H2,1H3,(H2,13,14)/t7-,8-,9+,11+/m1/s1. The number of nitrogens with two attached hydrogens (primary N) is 1. The largest absolute Gasteiger partial charge is 0.375 e. The van der Waals surface area contributed by atoms with Gasteiger partial charge in [0.05, 0.1) is 0 Å². The third kappa shape index (κ3) is 1.84. The quantitative estimate of drug-likeness (QED) is 0.769. The van der Waals surface area contributed by atoms with E-state index < -0.39 is 30.2 Å². The number of ether oxygens (including phenoxy) is 4. The van der Waals surface area contributed by atoms with Crippen molar-refractivity contribution in [2.24, 2.45) is 5.73 Å². The molecule has 1 spiro atoms. The SMILES string of the molecule is CO[C@H]1[C@@H]2OC3(CCCCC3)O[C@@H]2O[C@H]1C(N)=O. The lowest BCUT2D eigenvalue weighted by molar-refractivity contribution is -0.245. The maximum atomic E-state index is 11.3. The maximum Gasteiger partial charge on any atom is 0.249 e. The van der Waals surface area contributed by atoms with Crippen molar-refractivity contribution in [3.8, 4) is 0 Å². The molecule has 6 heteroatoms. The number of fused-ring (bicyclic) bond motifs is 1. The molecule has 3 fully saturated rings. The molecule has 0 bridgehead atoms. The van der Waals surface area contributed by atoms with Crippen LogP contribution in [0.4, 0.5) is 0 Å². The van der Waals surface area contributed by atoms with Gasteiger partial charge in [0, 0.05) is 20.0 Å². The van der Waals surface area contributed by atoms with Crippen LogP contribution in [0.2, 0.25) is 0 Å². The third-order valence-corrected chi connectivity index (χ3v) is 4.02. The molecule has 3 rings (SSSR count). The minimum atomic E-state index is -0.786. The summed E-state index contributed by atoms with van der Waals surface area (Å²) < 4.78 is 22.7. The summed E-state index contributed by atoms with van der Waals surface area (Å²) in [6.45, 7) is 0. The highest BCUT2D eigenvalue weighted by Gasteiger charge is 2.59. The number of carbonyl (C=O) groups excluding carboxylic acids is 1. The van der Waals surface area contributed by atoms with E-state index in [4.69, 9.17) is 24.7 Å². The second-order valence-corrected chi connectivity index (χ2v) is 5.20. The molecule has 18 heavy (non-hydrogen) atoms. The number of amides is 1. The predicted octanol–water partition coefficient (Wildman–Crippen LogP) is 0.287. The molecule has 0 radical (unpaired) electrons. The van der Waals surface area contributed by atoms with E-state index in [2.05, 4.69) is 0 Å². The predicted molar refractivity (Wildman–Crippen MR) is 60.4 cm³/mol. The van der Waals surface area contributed by atoms with Crippen LogP contribution >= 0.6 is 0 Å². The number of rotatable bonds is 2. The van der Waals surface area contributed by atoms with Gasteiger partial charge in [-0.15, -0.1) is 0 Å². The van der Waals surface area contributed by atoms with E-state index in [1.807, 2.05) is 0 Å². The zero-order valence-corrected chi connectivity index (χ0v) is 10.5. The average Bonchev–Trinajstić information content (AvgIpc) is 2.83. The van der Waals surface area contributed by atoms with Gasteiger partial charge >= 0.3 is 0 Å². The molecule has 2 N–H and O–H groups in total. The van der Waals surface area contributed by atoms with Gasteiger partial charge in [-0.3, -0.25) is 4.79 Å². The molecule has 1 aliphatic carbocycles. The maximum absolute atomic E-state index is 11.3. The molecule has 0 unspecified atom stereocenters. The lowest BCUT2D eigenvalue weighted by atomic mass is 9.94. The van der Waals surface area contributed by atoms with Gasteiger partial charge in [-0.2, -0.15) is 0 Å². The van der Waals surface area contributed by atoms with Crippen LogP contribution in [0.25, 0.3) is 0 Å². The zero-order chi connectivity index (χ0) is 12.8. The zero-order valence-electron chi connectivity index (χ0n) is 10.5. The van der Waals surface area contributed by atoms with Gasteiger partial charge in [0.2, 0.25) is 5.91 Å². The highest BCUT2D eigenvalue weighted by Crippen LogP contribution is 2.45. The van der Waals surface area contributed by atoms with Crippen LogP contribution in [0, 0.1) is 0 Å². The number of hydrogen-bond acceptors (Lipinski definition) is 5. The summed E-state index contributed by atoms with van der Waals surface area (Å²) in [7, 11) is 1.53. The monoisotopic (exact) mass is 257 g/mol. The summed E-state index contributed by atoms with van der Waals surface area (Å²) in [5.41, 5.74) is 5.28. The molecule has 0 aromatic rings. The van der Waals surface area contributed by atoms with Crippen LogP contribution in [-0.4, -0.2) is 43.4 Å². The van der Waals surface area contributed by atoms with Crippen molar-refractivity contribution < 1.29 is 23.7 Å². The lowest BCUT2D eigenvalue weighted by Gasteiger charge is -2.33. The Morgan fingerprint density at radius 3 is 2.61 bits per heavy atom. The first kappa shape index (κ1) is 12.3. The Kier molecular flexibility index (Phi) is 3.05. The smallest absolute Gasteiger partial charge is 0.249 e. The fraction of sp³-hybridized carbons (Fsp3) is 0.917. The molecule has 3 aliphatic rings. The van der Waals surface area contributed by atoms with Gasteiger partial charge in [-0.05, 0) is 12.8 Å². The van der Waals surface area contributed by atoms with E-state index in [0.717, 1.165) is 25.7 Å². The van der Waals surface area contributed by atoms with E-state index in [0.29, 0.717) is 0 Å². The molecule has 1 saturated carbocycles. The van der Waals surface area contributed by atoms with E-state index in [1.54, 1.807) is 0 Å². The molecule has 102 valence electrons. The molecule has 0 aromatic heterocycles. The molecule has 1 amide bonds. The molecule has 2 aliphatic heterocycles. The van der Waals surface area contributed by atoms with Crippen molar-refractivity contribution in [1.29, 1.82) is 0 Å². The van der Waals surface area contributed by atoms with Crippen LogP contribution < -0.4 is 5.73 Å². The first-order valence-electron chi connectivity index (χ1n) is 6.48. The Bertz CT molecular complexity index is 341. The van der Waals surface area contributed by atoms with Gasteiger partial charge in [-0.25, -0.2) is 0 Å². The summed E-state index contributed by atoms with van der Waals surface area (Å²) in [4.78, 5) is 11.3. The molecular weight excluding hydrogens is 238 g/mol. The molecule has 2 heterocycles. The Morgan fingerprint density at radius 2 is 2.00 bits per heavy atom. The number of hydrogen-bond donors (Lipinski definition) is 1. The van der Waals surface area contributed by atoms with Gasteiger partial charge < -0.3 is 24.7 Å². The van der Waals surface area contributed by atoms with Crippen LogP contribution in [-0.2, 0) is 23.7 Å². The average molecular weight is 257 g/mol. The van der Waals surface area contributed by atoms with Crippen LogP contribution in [0.1, 0.15) is 32.1 Å². The minimum absolute atomic E-state index is 0.356. The van der Waals surface area contributed by atoms with Crippen LogP contribution in [0.3, 0.4) is 0 Å². The Hall–Kier alpha value is -0.690. The lowest BCUT2D eigenvalue weighted by Crippen LogP contribution is -2.44. The van der Waals surface area contributed by atoms with Gasteiger partial charge in [0.1, 0.15) is 12.2 Å². The molecule has 4 atom stereocenters. The second kappa shape index (κ2) is 4.45. The molecular formula is C12H19NO5. The first-order chi connectivity index (χ1) is 8.65. The van der Waals surface area contributed by atoms with Gasteiger partial charge in [0.25, 0.3) is 0 Å². The van der Waals surface area contributed by atoms with E-state index in [9.17, 15) is 4.79 Å². The topological polar surface area (TPSA) is 80.0 Å². The Labute approximate surface area is 106 Å². The molecule has 6 nitrogen and oxygen atoms in total. The van der Waals surface area contributed by atoms with Crippen molar-refractivity contribution >= 4 is 5.91 Å². The van der Waals surface area contributed by atoms with Crippen molar-refractivity contribution in [3.05, 3.63) is 0 Å². The van der Waals surface area contributed by atoms with Crippen molar-refractivity contribution in [2.75, 3.05) is 7.11 Å². The van der Waals surface area contributed by atoms with E-state index in [1.165, 1.54) is 13.5 Å². The van der Waals surface area contributed by atoms with Gasteiger partial charge in [0.15, 0.2) is 18.2 Å². The molecule has 2 saturated heterocycles. The van der Waals surface area contributed by atoms with E-state index in [-0.39, 0.29) is 6.10 Å². The highest BCUT2D eigenvalue weighted by atomic mass is 16.8. The number of carbonyl (C=O) groups is 1. The first-order valence-corrected chi connectivity index (χ1v) is 6.48. The van der Waals surface area contributed by atoms with E-state index >= 15 is 0 Å². The Morgan fingerprint density at radius 1 is 1.28 bits per heavy atom. The fourth-order valence-corrected chi connectivity index (χ4v) is 3.14. The van der Waals surface area contributed by atoms with Gasteiger partial charge in [-0.1, -0.05) is 6.42 Å². The van der Waals surface area contributed by atoms with Crippen molar-refractivity contribution in [3.63, 3.8) is 0 Å². The summed E-state index contributed by atoms with van der Waals surface area (Å²) >= 11 is 0. The van der Waals surface area contributed by atoms with Crippen molar-refractivity contribution in [1.82, 2.24) is 0 Å². The number of methoxy groups -OCH3 is 1. The summed E-state index contributed by atoms with van der Waals surface area (Å²) in [5.74, 6) is -1.08. The normalized spacial score (nSPS) is 42.1. The minimum Gasteiger partial charge on any atom is -0.375 e. The van der Waals surface area contributed by atoms with Crippen LogP contribution in [0.15, 0.2) is 0 Å². The second-order valence-electron chi connectivity index (χ2n) is 5.20. The summed E-state index contributed by atoms with van der Waals surface area (Å²) in [6, 6.07) is 0. The highest BCUT2D eigenvalue weighted by molar-refractivity contribution is 5.80. The number of primary amides is 1. The van der Waals surface area contributed by atoms with Crippen LogP contribution in [0.5, 0.6) is 0 Å². The Balaban J connectivity index is 1.75. The summed E-state index contributed by atoms with van der Waals surface area (Å²) in [6.07, 6.45) is 2.99. The molecule has 0 aromatic carbocycles. The fourth-order valence-electron chi connectivity index (χ4n) is 3.14. The summed E-state index contributed by atoms with van der Waals surface area (Å²) in [5, 5.41) is 0.